The molecule has 0 amide bonds. The molecule has 0 radical (unpaired) electrons. The van der Waals surface area contributed by atoms with Crippen LogP contribution in [-0.2, 0) is 14.3 Å². The van der Waals surface area contributed by atoms with Crippen molar-refractivity contribution >= 4 is 11.8 Å². The number of carbonyl (C=O) groups excluding carboxylic acids is 2. The lowest BCUT2D eigenvalue weighted by molar-refractivity contribution is -0.187. The number of furan rings is 1. The Kier molecular flexibility index (Phi) is 4.56. The minimum Gasteiger partial charge on any atom is -0.472 e. The van der Waals surface area contributed by atoms with Gasteiger partial charge in [-0.3, -0.25) is 9.59 Å². The molecule has 0 unspecified atom stereocenters. The number of carbonyl (C=O) groups is 2. The average Bonchev–Trinajstić information content (AvgIpc) is 3.34. The summed E-state index contributed by atoms with van der Waals surface area (Å²) in [6.45, 7) is 12.8. The summed E-state index contributed by atoms with van der Waals surface area (Å²) in [5.74, 6) is 0.796. The quantitative estimate of drug-likeness (QED) is 0.407. The maximum absolute atomic E-state index is 12.9. The van der Waals surface area contributed by atoms with Gasteiger partial charge in [0.25, 0.3) is 0 Å². The Hall–Kier alpha value is -2.10. The summed E-state index contributed by atoms with van der Waals surface area (Å²) in [4.78, 5) is 25.2. The zero-order chi connectivity index (χ0) is 23.1. The predicted molar refractivity (Wildman–Crippen MR) is 123 cm³/mol. The lowest BCUT2D eigenvalue weighted by Crippen LogP contribution is -2.64. The molecule has 0 spiro atoms. The van der Waals surface area contributed by atoms with Crippen LogP contribution in [0.25, 0.3) is 0 Å². The molecule has 4 heteroatoms. The molecular formula is C28H36O4. The van der Waals surface area contributed by atoms with Gasteiger partial charge in [0, 0.05) is 17.8 Å². The van der Waals surface area contributed by atoms with E-state index in [2.05, 4.69) is 52.8 Å². The van der Waals surface area contributed by atoms with Crippen molar-refractivity contribution in [3.63, 3.8) is 0 Å². The van der Waals surface area contributed by atoms with E-state index in [1.165, 1.54) is 18.1 Å². The van der Waals surface area contributed by atoms with E-state index in [-0.39, 0.29) is 40.0 Å². The number of fused-ring (bicyclic) bond motifs is 5. The highest BCUT2D eigenvalue weighted by atomic mass is 16.5. The molecule has 4 nitrogen and oxygen atoms in total. The number of rotatable bonds is 2. The van der Waals surface area contributed by atoms with Gasteiger partial charge in [-0.05, 0) is 72.0 Å². The summed E-state index contributed by atoms with van der Waals surface area (Å²) < 4.78 is 11.6. The van der Waals surface area contributed by atoms with Crippen molar-refractivity contribution in [1.82, 2.24) is 0 Å². The van der Waals surface area contributed by atoms with Crippen LogP contribution in [0, 0.1) is 33.5 Å². The summed E-state index contributed by atoms with van der Waals surface area (Å²) in [5.41, 5.74) is 1.88. The monoisotopic (exact) mass is 436 g/mol. The minimum absolute atomic E-state index is 0.0143. The van der Waals surface area contributed by atoms with E-state index in [1.807, 2.05) is 12.3 Å². The second-order valence-corrected chi connectivity index (χ2v) is 11.9. The highest BCUT2D eigenvalue weighted by molar-refractivity contribution is 5.95. The molecule has 0 bridgehead atoms. The first-order valence-electron chi connectivity index (χ1n) is 12.1. The van der Waals surface area contributed by atoms with Gasteiger partial charge in [-0.25, -0.2) is 0 Å². The van der Waals surface area contributed by atoms with Gasteiger partial charge in [-0.2, -0.15) is 0 Å². The van der Waals surface area contributed by atoms with Crippen molar-refractivity contribution < 1.29 is 18.7 Å². The Labute approximate surface area is 191 Å². The molecule has 1 heterocycles. The van der Waals surface area contributed by atoms with Gasteiger partial charge in [0.2, 0.25) is 0 Å². The fourth-order valence-electron chi connectivity index (χ4n) is 8.60. The van der Waals surface area contributed by atoms with Gasteiger partial charge in [-0.15, -0.1) is 0 Å². The van der Waals surface area contributed by atoms with Gasteiger partial charge in [0.05, 0.1) is 12.5 Å². The topological polar surface area (TPSA) is 56.5 Å². The first kappa shape index (κ1) is 21.7. The Morgan fingerprint density at radius 2 is 1.91 bits per heavy atom. The third kappa shape index (κ3) is 2.61. The van der Waals surface area contributed by atoms with Crippen LogP contribution in [0.15, 0.2) is 46.8 Å². The summed E-state index contributed by atoms with van der Waals surface area (Å²) in [6.07, 6.45) is 13.7. The van der Waals surface area contributed by atoms with Crippen LogP contribution in [0.3, 0.4) is 0 Å². The molecule has 7 atom stereocenters. The summed E-state index contributed by atoms with van der Waals surface area (Å²) in [5, 5.41) is 0. The number of allylic oxidation sites excluding steroid dienone is 3. The van der Waals surface area contributed by atoms with Crippen molar-refractivity contribution in [2.24, 2.45) is 33.5 Å². The van der Waals surface area contributed by atoms with Gasteiger partial charge in [0.1, 0.15) is 6.10 Å². The maximum Gasteiger partial charge on any atom is 0.302 e. The van der Waals surface area contributed by atoms with Crippen LogP contribution >= 0.6 is 0 Å². The summed E-state index contributed by atoms with van der Waals surface area (Å²) >= 11 is 0. The van der Waals surface area contributed by atoms with E-state index in [1.54, 1.807) is 6.26 Å². The molecule has 1 aromatic heterocycles. The number of esters is 1. The molecule has 2 fully saturated rings. The van der Waals surface area contributed by atoms with Gasteiger partial charge in [0.15, 0.2) is 5.78 Å². The van der Waals surface area contributed by atoms with Gasteiger partial charge < -0.3 is 9.15 Å². The summed E-state index contributed by atoms with van der Waals surface area (Å²) in [6, 6.07) is 2.10. The zero-order valence-electron chi connectivity index (χ0n) is 20.2. The molecule has 32 heavy (non-hydrogen) atoms. The van der Waals surface area contributed by atoms with Crippen molar-refractivity contribution in [2.75, 3.05) is 0 Å². The van der Waals surface area contributed by atoms with E-state index in [0.717, 1.165) is 25.7 Å². The SMILES string of the molecule is CC(=O)O[C@@H]1C[C@H]2C(C)(C)C(=O)C=C[C@]2(C)[C@H]2CC[C@]3(C)C(=CC[C@H]3c3ccoc3)[C@@]21C. The third-order valence-corrected chi connectivity index (χ3v) is 10.2. The molecule has 172 valence electrons. The van der Waals surface area contributed by atoms with Crippen molar-refractivity contribution in [1.29, 1.82) is 0 Å². The Morgan fingerprint density at radius 1 is 1.16 bits per heavy atom. The highest BCUT2D eigenvalue weighted by Crippen LogP contribution is 2.72. The Balaban J connectivity index is 1.64. The van der Waals surface area contributed by atoms with Crippen LogP contribution in [-0.4, -0.2) is 17.9 Å². The van der Waals surface area contributed by atoms with Crippen molar-refractivity contribution in [2.45, 2.75) is 79.2 Å². The Morgan fingerprint density at radius 3 is 2.56 bits per heavy atom. The van der Waals surface area contributed by atoms with Crippen LogP contribution in [0.2, 0.25) is 0 Å². The van der Waals surface area contributed by atoms with Gasteiger partial charge >= 0.3 is 5.97 Å². The minimum atomic E-state index is -0.465. The second-order valence-electron chi connectivity index (χ2n) is 11.9. The predicted octanol–water partition coefficient (Wildman–Crippen LogP) is 6.24. The van der Waals surface area contributed by atoms with Crippen LogP contribution in [0.1, 0.15) is 78.7 Å². The molecule has 0 saturated heterocycles. The standard InChI is InChI=1S/C28H36O4/c1-17(29)32-24-15-22-25(2,3)23(30)10-13-27(22,5)21-9-12-26(4)19(18-11-14-31-16-18)7-8-20(26)28(21,24)6/h8,10-11,13-14,16,19,21-22,24H,7,9,12,15H2,1-6H3/t19-,21+,22-,24+,26-,27+,28-/m0/s1. The van der Waals surface area contributed by atoms with Crippen LogP contribution in [0.5, 0.6) is 0 Å². The van der Waals surface area contributed by atoms with E-state index in [0.29, 0.717) is 11.8 Å². The number of hydrogen-bond acceptors (Lipinski definition) is 4. The highest BCUT2D eigenvalue weighted by Gasteiger charge is 2.68. The molecule has 0 aromatic carbocycles. The van der Waals surface area contributed by atoms with E-state index >= 15 is 0 Å². The van der Waals surface area contributed by atoms with Crippen LogP contribution < -0.4 is 0 Å². The molecule has 0 N–H and O–H groups in total. The largest absolute Gasteiger partial charge is 0.472 e. The fraction of sp³-hybridized carbons (Fsp3) is 0.643. The first-order valence-corrected chi connectivity index (χ1v) is 12.1. The smallest absolute Gasteiger partial charge is 0.302 e. The second kappa shape index (κ2) is 6.71. The third-order valence-electron chi connectivity index (χ3n) is 10.2. The Bertz CT molecular complexity index is 1010. The molecule has 4 aliphatic carbocycles. The van der Waals surface area contributed by atoms with Crippen LogP contribution in [0.4, 0.5) is 0 Å². The average molecular weight is 437 g/mol. The van der Waals surface area contributed by atoms with E-state index < -0.39 is 5.41 Å². The fourth-order valence-corrected chi connectivity index (χ4v) is 8.60. The zero-order valence-corrected chi connectivity index (χ0v) is 20.2. The summed E-state index contributed by atoms with van der Waals surface area (Å²) in [7, 11) is 0. The molecule has 5 rings (SSSR count). The first-order chi connectivity index (χ1) is 15.0. The molecule has 0 aliphatic heterocycles. The lowest BCUT2D eigenvalue weighted by Gasteiger charge is -2.66. The number of ether oxygens (including phenoxy) is 1. The van der Waals surface area contributed by atoms with Crippen molar-refractivity contribution in [3.05, 3.63) is 48.0 Å². The lowest BCUT2D eigenvalue weighted by atomic mass is 9.38. The number of hydrogen-bond donors (Lipinski definition) is 0. The van der Waals surface area contributed by atoms with Crippen molar-refractivity contribution in [3.8, 4) is 0 Å². The molecule has 1 aromatic rings. The number of ketones is 1. The maximum atomic E-state index is 12.9. The van der Waals surface area contributed by atoms with E-state index in [4.69, 9.17) is 9.15 Å². The normalized spacial score (nSPS) is 44.3. The van der Waals surface area contributed by atoms with Gasteiger partial charge in [-0.1, -0.05) is 52.3 Å². The molecule has 4 aliphatic rings. The molecule has 2 saturated carbocycles. The van der Waals surface area contributed by atoms with E-state index in [9.17, 15) is 9.59 Å². The molecular weight excluding hydrogens is 400 g/mol.